The number of nitrogens with one attached hydrogen (secondary N) is 3. The Hall–Kier alpha value is -2.24. The van der Waals surface area contributed by atoms with Gasteiger partial charge in [0.2, 0.25) is 17.7 Å². The molecule has 4 unspecified atom stereocenters. The van der Waals surface area contributed by atoms with Crippen molar-refractivity contribution in [2.75, 3.05) is 19.8 Å². The zero-order valence-electron chi connectivity index (χ0n) is 14.2. The molecule has 25 heavy (non-hydrogen) atoms. The molecule has 0 aliphatic carbocycles. The van der Waals surface area contributed by atoms with Gasteiger partial charge < -0.3 is 37.0 Å². The Bertz CT molecular complexity index is 486. The van der Waals surface area contributed by atoms with Crippen LogP contribution < -0.4 is 21.7 Å². The molecule has 0 heterocycles. The number of carboxylic acid groups (broad SMARTS) is 1. The Morgan fingerprint density at radius 1 is 1.00 bits per heavy atom. The lowest BCUT2D eigenvalue weighted by Crippen LogP contribution is -2.58. The first-order valence-electron chi connectivity index (χ1n) is 7.75. The molecule has 0 bridgehead atoms. The predicted octanol–water partition coefficient (Wildman–Crippen LogP) is -3.49. The lowest BCUT2D eigenvalue weighted by atomic mass is 9.98. The van der Waals surface area contributed by atoms with Gasteiger partial charge >= 0.3 is 5.97 Å². The van der Waals surface area contributed by atoms with E-state index >= 15 is 0 Å². The minimum Gasteiger partial charge on any atom is -0.480 e. The highest BCUT2D eigenvalue weighted by Crippen LogP contribution is 2.08. The largest absolute Gasteiger partial charge is 0.480 e. The molecule has 0 aliphatic heterocycles. The van der Waals surface area contributed by atoms with Gasteiger partial charge in [0.05, 0.1) is 13.2 Å². The molecule has 0 aliphatic rings. The molecule has 0 fully saturated rings. The Morgan fingerprint density at radius 2 is 1.60 bits per heavy atom. The van der Waals surface area contributed by atoms with Crippen LogP contribution in [0.4, 0.5) is 0 Å². The van der Waals surface area contributed by atoms with Crippen molar-refractivity contribution in [3.05, 3.63) is 0 Å². The first-order valence-corrected chi connectivity index (χ1v) is 7.75. The fraction of sp³-hybridized carbons (Fsp3) is 0.714. The standard InChI is InChI=1S/C14H26N4O7/c1-3-7(2)11(14(25)16-4-10(21)22)18-13(24)9(6-20)17-12(23)8(15)5-19/h7-9,11,19-20H,3-6,15H2,1-2H3,(H,16,25)(H,17,23)(H,18,24)(H,21,22). The Kier molecular flexibility index (Phi) is 10.3. The van der Waals surface area contributed by atoms with E-state index in [1.54, 1.807) is 13.8 Å². The molecule has 144 valence electrons. The van der Waals surface area contributed by atoms with Crippen molar-refractivity contribution in [1.82, 2.24) is 16.0 Å². The fourth-order valence-corrected chi connectivity index (χ4v) is 1.78. The van der Waals surface area contributed by atoms with Crippen LogP contribution >= 0.6 is 0 Å². The van der Waals surface area contributed by atoms with Crippen LogP contribution in [0.2, 0.25) is 0 Å². The molecule has 0 aromatic carbocycles. The molecule has 3 amide bonds. The molecule has 11 heteroatoms. The van der Waals surface area contributed by atoms with Crippen molar-refractivity contribution in [3.8, 4) is 0 Å². The van der Waals surface area contributed by atoms with Gasteiger partial charge in [-0.2, -0.15) is 0 Å². The molecule has 0 radical (unpaired) electrons. The van der Waals surface area contributed by atoms with E-state index in [4.69, 9.17) is 15.9 Å². The Morgan fingerprint density at radius 3 is 2.04 bits per heavy atom. The summed E-state index contributed by atoms with van der Waals surface area (Å²) in [5, 5.41) is 33.4. The lowest BCUT2D eigenvalue weighted by Gasteiger charge is -2.26. The molecule has 11 nitrogen and oxygen atoms in total. The SMILES string of the molecule is CCC(C)C(NC(=O)C(CO)NC(=O)C(N)CO)C(=O)NCC(=O)O. The topological polar surface area (TPSA) is 191 Å². The first kappa shape index (κ1) is 22.8. The van der Waals surface area contributed by atoms with Gasteiger partial charge in [0.25, 0.3) is 0 Å². The van der Waals surface area contributed by atoms with Gasteiger partial charge in [-0.25, -0.2) is 0 Å². The zero-order chi connectivity index (χ0) is 19.6. The van der Waals surface area contributed by atoms with Gasteiger partial charge in [-0.1, -0.05) is 20.3 Å². The smallest absolute Gasteiger partial charge is 0.322 e. The molecule has 0 spiro atoms. The predicted molar refractivity (Wildman–Crippen MR) is 86.1 cm³/mol. The summed E-state index contributed by atoms with van der Waals surface area (Å²) in [5.74, 6) is -3.93. The third-order valence-electron chi connectivity index (χ3n) is 3.56. The summed E-state index contributed by atoms with van der Waals surface area (Å²) in [5.41, 5.74) is 5.31. The number of rotatable bonds is 11. The van der Waals surface area contributed by atoms with Gasteiger partial charge in [-0.05, 0) is 5.92 Å². The van der Waals surface area contributed by atoms with Gasteiger partial charge in [0.15, 0.2) is 0 Å². The van der Waals surface area contributed by atoms with E-state index in [9.17, 15) is 24.3 Å². The van der Waals surface area contributed by atoms with Gasteiger partial charge in [-0.15, -0.1) is 0 Å². The second-order valence-corrected chi connectivity index (χ2v) is 5.52. The van der Waals surface area contributed by atoms with E-state index in [-0.39, 0.29) is 5.92 Å². The molecular weight excluding hydrogens is 336 g/mol. The van der Waals surface area contributed by atoms with Crippen molar-refractivity contribution in [3.63, 3.8) is 0 Å². The monoisotopic (exact) mass is 362 g/mol. The van der Waals surface area contributed by atoms with Crippen LogP contribution in [0.25, 0.3) is 0 Å². The summed E-state index contributed by atoms with van der Waals surface area (Å²) >= 11 is 0. The van der Waals surface area contributed by atoms with Crippen LogP contribution in [-0.4, -0.2) is 76.9 Å². The normalized spacial score (nSPS) is 15.4. The van der Waals surface area contributed by atoms with Crippen molar-refractivity contribution in [2.24, 2.45) is 11.7 Å². The average Bonchev–Trinajstić information content (AvgIpc) is 2.59. The lowest BCUT2D eigenvalue weighted by molar-refractivity contribution is -0.139. The molecule has 0 aromatic heterocycles. The van der Waals surface area contributed by atoms with Crippen molar-refractivity contribution in [2.45, 2.75) is 38.4 Å². The Labute approximate surface area is 145 Å². The Balaban J connectivity index is 5.00. The molecule has 0 saturated heterocycles. The number of nitrogens with two attached hydrogens (primary N) is 1. The maximum absolute atomic E-state index is 12.2. The number of hydrogen-bond acceptors (Lipinski definition) is 7. The zero-order valence-corrected chi connectivity index (χ0v) is 14.2. The second-order valence-electron chi connectivity index (χ2n) is 5.52. The summed E-state index contributed by atoms with van der Waals surface area (Å²) in [6.45, 7) is 1.46. The summed E-state index contributed by atoms with van der Waals surface area (Å²) in [6, 6.07) is -3.68. The minimum atomic E-state index is -1.37. The molecular formula is C14H26N4O7. The number of hydrogen-bond donors (Lipinski definition) is 7. The number of aliphatic hydroxyl groups is 2. The van der Waals surface area contributed by atoms with Gasteiger partial charge in [0, 0.05) is 0 Å². The molecule has 0 saturated carbocycles. The number of aliphatic hydroxyl groups excluding tert-OH is 2. The number of carboxylic acids is 1. The van der Waals surface area contributed by atoms with Crippen molar-refractivity contribution >= 4 is 23.7 Å². The van der Waals surface area contributed by atoms with Crippen LogP contribution in [0.15, 0.2) is 0 Å². The highest BCUT2D eigenvalue weighted by molar-refractivity contribution is 5.93. The van der Waals surface area contributed by atoms with Crippen LogP contribution in [0.3, 0.4) is 0 Å². The highest BCUT2D eigenvalue weighted by atomic mass is 16.4. The van der Waals surface area contributed by atoms with Crippen LogP contribution in [0, 0.1) is 5.92 Å². The fourth-order valence-electron chi connectivity index (χ4n) is 1.78. The van der Waals surface area contributed by atoms with E-state index in [0.717, 1.165) is 0 Å². The first-order chi connectivity index (χ1) is 11.7. The third-order valence-corrected chi connectivity index (χ3v) is 3.56. The third kappa shape index (κ3) is 7.92. The van der Waals surface area contributed by atoms with E-state index in [2.05, 4.69) is 16.0 Å². The summed E-state index contributed by atoms with van der Waals surface area (Å²) in [6.07, 6.45) is 0.511. The average molecular weight is 362 g/mol. The number of aliphatic carboxylic acids is 1. The van der Waals surface area contributed by atoms with E-state index in [0.29, 0.717) is 6.42 Å². The molecule has 8 N–H and O–H groups in total. The van der Waals surface area contributed by atoms with Gasteiger partial charge in [-0.3, -0.25) is 19.2 Å². The molecule has 4 atom stereocenters. The van der Waals surface area contributed by atoms with Crippen LogP contribution in [-0.2, 0) is 19.2 Å². The van der Waals surface area contributed by atoms with E-state index in [1.807, 2.05) is 0 Å². The maximum Gasteiger partial charge on any atom is 0.322 e. The van der Waals surface area contributed by atoms with Crippen molar-refractivity contribution < 1.29 is 34.5 Å². The number of carbonyl (C=O) groups is 4. The van der Waals surface area contributed by atoms with Crippen LogP contribution in [0.5, 0.6) is 0 Å². The van der Waals surface area contributed by atoms with E-state index < -0.39 is 61.6 Å². The maximum atomic E-state index is 12.2. The van der Waals surface area contributed by atoms with Crippen LogP contribution in [0.1, 0.15) is 20.3 Å². The van der Waals surface area contributed by atoms with Crippen molar-refractivity contribution in [1.29, 1.82) is 0 Å². The number of amides is 3. The molecule has 0 aromatic rings. The second kappa shape index (κ2) is 11.3. The number of carbonyl (C=O) groups excluding carboxylic acids is 3. The summed E-state index contributed by atoms with van der Waals surface area (Å²) in [4.78, 5) is 46.4. The summed E-state index contributed by atoms with van der Waals surface area (Å²) < 4.78 is 0. The van der Waals surface area contributed by atoms with E-state index in [1.165, 1.54) is 0 Å². The highest BCUT2D eigenvalue weighted by Gasteiger charge is 2.30. The van der Waals surface area contributed by atoms with Gasteiger partial charge in [0.1, 0.15) is 24.7 Å². The minimum absolute atomic E-state index is 0.326. The molecule has 0 rings (SSSR count). The quantitative estimate of drug-likeness (QED) is 0.197. The summed E-state index contributed by atoms with van der Waals surface area (Å²) in [7, 11) is 0.